The van der Waals surface area contributed by atoms with Crippen molar-refractivity contribution in [3.63, 3.8) is 0 Å². The van der Waals surface area contributed by atoms with Crippen LogP contribution in [0, 0.1) is 17.8 Å². The number of esters is 1. The van der Waals surface area contributed by atoms with Crippen LogP contribution >= 0.6 is 0 Å². The van der Waals surface area contributed by atoms with Crippen LogP contribution in [0.4, 0.5) is 10.5 Å². The van der Waals surface area contributed by atoms with E-state index in [1.54, 1.807) is 45.0 Å². The summed E-state index contributed by atoms with van der Waals surface area (Å²) in [6.07, 6.45) is 1.52. The number of rotatable bonds is 19. The van der Waals surface area contributed by atoms with E-state index in [2.05, 4.69) is 21.3 Å². The van der Waals surface area contributed by atoms with Gasteiger partial charge in [0.05, 0.1) is 5.92 Å². The van der Waals surface area contributed by atoms with Gasteiger partial charge in [0.15, 0.2) is 5.25 Å². The highest BCUT2D eigenvalue weighted by Gasteiger charge is 2.37. The lowest BCUT2D eigenvalue weighted by atomic mass is 9.99. The minimum atomic E-state index is -5.05. The zero-order valence-corrected chi connectivity index (χ0v) is 29.4. The quantitative estimate of drug-likeness (QED) is 0.0499. The van der Waals surface area contributed by atoms with Gasteiger partial charge in [-0.25, -0.2) is 4.79 Å². The van der Waals surface area contributed by atoms with Gasteiger partial charge in [0.1, 0.15) is 18.7 Å². The largest absolute Gasteiger partial charge is 0.461 e. The van der Waals surface area contributed by atoms with Gasteiger partial charge in [-0.2, -0.15) is 8.42 Å². The van der Waals surface area contributed by atoms with Crippen LogP contribution in [0.5, 0.6) is 0 Å². The van der Waals surface area contributed by atoms with Gasteiger partial charge in [-0.3, -0.25) is 38.2 Å². The summed E-state index contributed by atoms with van der Waals surface area (Å²) in [7, 11) is -5.05. The molecule has 1 aromatic carbocycles. The standard InChI is InChI=1S/C32H46N6O11S/c1-18(2)20(5)31(44)49-17-21-8-10-22(11-9-21)35-28(41)23(7-6-15-34-32(33)45)36-30(43)27(19(3)4)37-29(42)24(50(46,47)48)14-16-38-25(39)12-13-26(38)40/h8-13,18-20,23-24,27H,6-7,14-17H2,1-5H3,(H,35,41)(H,36,43)(H,37,42)(H3,33,34,45)(H,46,47,48)/t20?,23-,24-,27-/m0/s1. The highest BCUT2D eigenvalue weighted by molar-refractivity contribution is 7.87. The van der Waals surface area contributed by atoms with E-state index in [9.17, 15) is 46.5 Å². The topological polar surface area (TPSA) is 260 Å². The molecule has 7 amide bonds. The summed E-state index contributed by atoms with van der Waals surface area (Å²) >= 11 is 0. The maximum atomic E-state index is 13.5. The molecule has 0 bridgehead atoms. The van der Waals surface area contributed by atoms with Crippen molar-refractivity contribution in [2.75, 3.05) is 18.4 Å². The minimum Gasteiger partial charge on any atom is -0.461 e. The number of imide groups is 1. The molecule has 1 heterocycles. The third-order valence-electron chi connectivity index (χ3n) is 7.99. The fourth-order valence-corrected chi connectivity index (χ4v) is 5.36. The molecule has 17 nitrogen and oxygen atoms in total. The molecular formula is C32H46N6O11S. The summed E-state index contributed by atoms with van der Waals surface area (Å²) in [5.41, 5.74) is 6.13. The number of urea groups is 1. The summed E-state index contributed by atoms with van der Waals surface area (Å²) < 4.78 is 39.3. The number of anilines is 1. The van der Waals surface area contributed by atoms with Crippen molar-refractivity contribution >= 4 is 57.3 Å². The van der Waals surface area contributed by atoms with Crippen LogP contribution < -0.4 is 27.0 Å². The normalized spacial score (nSPS) is 15.3. The monoisotopic (exact) mass is 722 g/mol. The van der Waals surface area contributed by atoms with Gasteiger partial charge < -0.3 is 31.7 Å². The number of carbonyl (C=O) groups is 7. The number of amides is 7. The Bertz CT molecular complexity index is 1540. The van der Waals surface area contributed by atoms with Crippen molar-refractivity contribution in [3.05, 3.63) is 42.0 Å². The first-order chi connectivity index (χ1) is 23.3. The average Bonchev–Trinajstić information content (AvgIpc) is 3.35. The molecule has 1 aromatic rings. The number of carbonyl (C=O) groups excluding carboxylic acids is 7. The number of ether oxygens (including phenoxy) is 1. The molecule has 0 aliphatic carbocycles. The van der Waals surface area contributed by atoms with Gasteiger partial charge in [0.2, 0.25) is 17.7 Å². The number of nitrogens with zero attached hydrogens (tertiary/aromatic N) is 1. The second-order valence-electron chi connectivity index (χ2n) is 12.5. The van der Waals surface area contributed by atoms with Gasteiger partial charge in [-0.1, -0.05) is 46.8 Å². The van der Waals surface area contributed by atoms with E-state index in [0.717, 1.165) is 12.2 Å². The Morgan fingerprint density at radius 2 is 1.46 bits per heavy atom. The fraction of sp³-hybridized carbons (Fsp3) is 0.531. The zero-order chi connectivity index (χ0) is 37.8. The smallest absolute Gasteiger partial charge is 0.312 e. The van der Waals surface area contributed by atoms with Crippen molar-refractivity contribution in [2.24, 2.45) is 23.5 Å². The molecule has 0 radical (unpaired) electrons. The Hall–Kier alpha value is -4.84. The van der Waals surface area contributed by atoms with E-state index < -0.39 is 81.9 Å². The van der Waals surface area contributed by atoms with Crippen molar-refractivity contribution in [1.29, 1.82) is 0 Å². The SMILES string of the molecule is CC(C)C(C)C(=O)OCc1ccc(NC(=O)[C@H](CCCNC(N)=O)NC(=O)[C@@H](NC(=O)[C@H](CCN2C(=O)C=CC2=O)S(=O)(=O)O)C(C)C)cc1. The molecule has 50 heavy (non-hydrogen) atoms. The first kappa shape index (κ1) is 41.3. The van der Waals surface area contributed by atoms with Crippen molar-refractivity contribution < 1.29 is 51.3 Å². The summed E-state index contributed by atoms with van der Waals surface area (Å²) in [6.45, 7) is 8.32. The first-order valence-electron chi connectivity index (χ1n) is 16.0. The Morgan fingerprint density at radius 1 is 0.860 bits per heavy atom. The second-order valence-corrected chi connectivity index (χ2v) is 14.1. The Balaban J connectivity index is 2.15. The molecular weight excluding hydrogens is 676 g/mol. The molecule has 0 saturated heterocycles. The van der Waals surface area contributed by atoms with E-state index in [-0.39, 0.29) is 43.8 Å². The number of hydrogen-bond donors (Lipinski definition) is 6. The number of primary amides is 1. The van der Waals surface area contributed by atoms with Gasteiger partial charge in [0, 0.05) is 30.9 Å². The van der Waals surface area contributed by atoms with Crippen LogP contribution in [0.1, 0.15) is 59.4 Å². The lowest BCUT2D eigenvalue weighted by molar-refractivity contribution is -0.150. The fourth-order valence-electron chi connectivity index (χ4n) is 4.61. The van der Waals surface area contributed by atoms with Gasteiger partial charge in [0.25, 0.3) is 21.9 Å². The average molecular weight is 723 g/mol. The Kier molecular flexibility index (Phi) is 15.5. The van der Waals surface area contributed by atoms with Gasteiger partial charge in [-0.05, 0) is 48.8 Å². The lowest BCUT2D eigenvalue weighted by Gasteiger charge is -2.27. The van der Waals surface area contributed by atoms with E-state index >= 15 is 0 Å². The summed E-state index contributed by atoms with van der Waals surface area (Å²) in [4.78, 5) is 87.6. The van der Waals surface area contributed by atoms with Crippen molar-refractivity contribution in [1.82, 2.24) is 20.9 Å². The molecule has 1 unspecified atom stereocenters. The maximum Gasteiger partial charge on any atom is 0.312 e. The molecule has 0 spiro atoms. The molecule has 0 fully saturated rings. The Labute approximate surface area is 290 Å². The molecule has 0 saturated carbocycles. The van der Waals surface area contributed by atoms with Crippen LogP contribution in [0.25, 0.3) is 0 Å². The van der Waals surface area contributed by atoms with E-state index in [1.807, 2.05) is 13.8 Å². The first-order valence-corrected chi connectivity index (χ1v) is 17.5. The third-order valence-corrected chi connectivity index (χ3v) is 9.16. The molecule has 4 atom stereocenters. The molecule has 1 aliphatic heterocycles. The van der Waals surface area contributed by atoms with Gasteiger partial charge >= 0.3 is 12.0 Å². The van der Waals surface area contributed by atoms with Crippen LogP contribution in [0.3, 0.4) is 0 Å². The predicted octanol–water partition coefficient (Wildman–Crippen LogP) is 0.606. The summed E-state index contributed by atoms with van der Waals surface area (Å²) in [5.74, 6) is -5.33. The van der Waals surface area contributed by atoms with E-state index in [0.29, 0.717) is 16.2 Å². The van der Waals surface area contributed by atoms with E-state index in [4.69, 9.17) is 10.5 Å². The third kappa shape index (κ3) is 12.9. The number of nitrogens with two attached hydrogens (primary N) is 1. The lowest BCUT2D eigenvalue weighted by Crippen LogP contribution is -2.56. The number of nitrogens with one attached hydrogen (secondary N) is 4. The van der Waals surface area contributed by atoms with Crippen molar-refractivity contribution in [3.8, 4) is 0 Å². The predicted molar refractivity (Wildman–Crippen MR) is 180 cm³/mol. The summed E-state index contributed by atoms with van der Waals surface area (Å²) in [5, 5.41) is 7.80. The summed E-state index contributed by atoms with van der Waals surface area (Å²) in [6, 6.07) is 3.07. The molecule has 0 aromatic heterocycles. The minimum absolute atomic E-state index is 0.0122. The van der Waals surface area contributed by atoms with Gasteiger partial charge in [-0.15, -0.1) is 0 Å². The Morgan fingerprint density at radius 3 is 1.98 bits per heavy atom. The van der Waals surface area contributed by atoms with Crippen LogP contribution in [0.2, 0.25) is 0 Å². The van der Waals surface area contributed by atoms with Crippen LogP contribution in [-0.2, 0) is 50.2 Å². The molecule has 2 rings (SSSR count). The van der Waals surface area contributed by atoms with E-state index in [1.165, 1.54) is 0 Å². The highest BCUT2D eigenvalue weighted by atomic mass is 32.2. The van der Waals surface area contributed by atoms with Crippen molar-refractivity contribution in [2.45, 2.75) is 77.8 Å². The van der Waals surface area contributed by atoms with Crippen LogP contribution in [0.15, 0.2) is 36.4 Å². The number of hydrogen-bond acceptors (Lipinski definition) is 10. The molecule has 7 N–H and O–H groups in total. The zero-order valence-electron chi connectivity index (χ0n) is 28.6. The maximum absolute atomic E-state index is 13.5. The number of benzene rings is 1. The molecule has 18 heteroatoms. The highest BCUT2D eigenvalue weighted by Crippen LogP contribution is 2.16. The van der Waals surface area contributed by atoms with Crippen LogP contribution in [-0.4, -0.2) is 89.8 Å². The molecule has 276 valence electrons. The second kappa shape index (κ2) is 18.8. The molecule has 1 aliphatic rings.